The maximum atomic E-state index is 14.5. The lowest BCUT2D eigenvalue weighted by Gasteiger charge is -2.43. The van der Waals surface area contributed by atoms with Crippen molar-refractivity contribution in [2.45, 2.75) is 108 Å². The van der Waals surface area contributed by atoms with Crippen molar-refractivity contribution in [3.63, 3.8) is 0 Å². The number of aliphatic hydroxyl groups is 1. The highest BCUT2D eigenvalue weighted by atomic mass is 16.6. The summed E-state index contributed by atoms with van der Waals surface area (Å²) in [7, 11) is 0. The van der Waals surface area contributed by atoms with Crippen molar-refractivity contribution in [1.29, 1.82) is 0 Å². The van der Waals surface area contributed by atoms with Crippen molar-refractivity contribution in [3.05, 3.63) is 61.2 Å². The first-order chi connectivity index (χ1) is 21.4. The lowest BCUT2D eigenvalue weighted by molar-refractivity contribution is -0.163. The first-order valence-corrected chi connectivity index (χ1v) is 16.0. The van der Waals surface area contributed by atoms with Gasteiger partial charge in [-0.1, -0.05) is 49.4 Å². The summed E-state index contributed by atoms with van der Waals surface area (Å²) in [5.41, 5.74) is -1.12. The second-order valence-corrected chi connectivity index (χ2v) is 13.4. The number of benzene rings is 1. The van der Waals surface area contributed by atoms with Gasteiger partial charge in [0.1, 0.15) is 17.7 Å². The van der Waals surface area contributed by atoms with E-state index in [1.54, 1.807) is 24.0 Å². The summed E-state index contributed by atoms with van der Waals surface area (Å²) < 4.78 is 12.8. The van der Waals surface area contributed by atoms with Crippen LogP contribution in [0.3, 0.4) is 0 Å². The van der Waals surface area contributed by atoms with Crippen LogP contribution in [-0.2, 0) is 28.7 Å². The van der Waals surface area contributed by atoms with E-state index in [0.717, 1.165) is 0 Å². The molecule has 1 aromatic carbocycles. The number of fused-ring (bicyclic) bond motifs is 1. The molecule has 2 N–H and O–H groups in total. The summed E-state index contributed by atoms with van der Waals surface area (Å²) in [6, 6.07) is 6.96. The molecule has 3 aliphatic heterocycles. The average molecular weight is 624 g/mol. The zero-order valence-corrected chi connectivity index (χ0v) is 27.2. The van der Waals surface area contributed by atoms with E-state index in [1.807, 2.05) is 58.0 Å². The summed E-state index contributed by atoms with van der Waals surface area (Å²) >= 11 is 0. The van der Waals surface area contributed by atoms with Crippen LogP contribution in [0, 0.1) is 11.8 Å². The maximum Gasteiger partial charge on any atom is 0.313 e. The first-order valence-electron chi connectivity index (χ1n) is 16.0. The standard InChI is InChI=1S/C35H49N3O7/c1-8-11-17-26(40)36-22(4)29(23-15-13-12-14-16-23)44-33(43)27-25-18-19-35(45-25)28(27)31(41)38(24(10-3)21-39)30(35)32(42)37(20-9-2)34(5,6)7/h8-9,12-16,22,24-25,27-30,39H,1-2,10-11,17-21H2,3-7H3,(H,36,40)/t22-,24+,25-,27+,28+,29-,30-,35+/m1/s1. The van der Waals surface area contributed by atoms with Crippen molar-refractivity contribution < 1.29 is 33.8 Å². The number of carbonyl (C=O) groups excluding carboxylic acids is 4. The third-order valence-corrected chi connectivity index (χ3v) is 9.50. The third-order valence-electron chi connectivity index (χ3n) is 9.50. The molecule has 1 aromatic rings. The number of ether oxygens (including phenoxy) is 2. The normalized spacial score (nSPS) is 27.3. The van der Waals surface area contributed by atoms with Crippen LogP contribution in [0.2, 0.25) is 0 Å². The van der Waals surface area contributed by atoms with Crippen molar-refractivity contribution in [1.82, 2.24) is 15.1 Å². The smallest absolute Gasteiger partial charge is 0.313 e. The summed E-state index contributed by atoms with van der Waals surface area (Å²) in [5, 5.41) is 13.3. The molecule has 10 nitrogen and oxygen atoms in total. The molecular weight excluding hydrogens is 574 g/mol. The second-order valence-electron chi connectivity index (χ2n) is 13.4. The average Bonchev–Trinajstić information content (AvgIpc) is 3.65. The molecule has 3 saturated heterocycles. The van der Waals surface area contributed by atoms with Gasteiger partial charge in [0.2, 0.25) is 17.7 Å². The van der Waals surface area contributed by atoms with Gasteiger partial charge in [0.15, 0.2) is 0 Å². The van der Waals surface area contributed by atoms with Crippen LogP contribution in [0.4, 0.5) is 0 Å². The fourth-order valence-electron chi connectivity index (χ4n) is 7.36. The van der Waals surface area contributed by atoms with E-state index in [1.165, 1.54) is 4.90 Å². The van der Waals surface area contributed by atoms with E-state index in [0.29, 0.717) is 31.2 Å². The van der Waals surface area contributed by atoms with Gasteiger partial charge >= 0.3 is 5.97 Å². The Morgan fingerprint density at radius 3 is 2.49 bits per heavy atom. The van der Waals surface area contributed by atoms with Crippen LogP contribution in [0.1, 0.15) is 78.4 Å². The highest BCUT2D eigenvalue weighted by molar-refractivity contribution is 5.98. The fourth-order valence-corrected chi connectivity index (χ4v) is 7.36. The topological polar surface area (TPSA) is 125 Å². The SMILES string of the molecule is C=CCCC(=O)N[C@H](C)[C@@H](OC(=O)[C@@H]1[C@H]2C(=O)N([C@@H](CC)CO)[C@H](C(=O)N(CC=C)C(C)(C)C)[C@]23CC[C@H]1O3)c1ccccc1. The number of carbonyl (C=O) groups is 4. The van der Waals surface area contributed by atoms with Gasteiger partial charge in [-0.05, 0) is 58.9 Å². The van der Waals surface area contributed by atoms with E-state index in [4.69, 9.17) is 9.47 Å². The quantitative estimate of drug-likeness (QED) is 0.239. The maximum absolute atomic E-state index is 14.5. The summed E-state index contributed by atoms with van der Waals surface area (Å²) in [5.74, 6) is -3.37. The molecule has 4 rings (SSSR count). The number of rotatable bonds is 14. The van der Waals surface area contributed by atoms with Crippen LogP contribution in [0.15, 0.2) is 55.6 Å². The van der Waals surface area contributed by atoms with Crippen molar-refractivity contribution in [2.24, 2.45) is 11.8 Å². The molecule has 3 fully saturated rings. The molecule has 2 bridgehead atoms. The Labute approximate surface area is 266 Å². The molecule has 8 atom stereocenters. The van der Waals surface area contributed by atoms with Gasteiger partial charge in [0.05, 0.1) is 36.6 Å². The van der Waals surface area contributed by atoms with Gasteiger partial charge in [-0.25, -0.2) is 0 Å². The fraction of sp³-hybridized carbons (Fsp3) is 0.600. The molecular formula is C35H49N3O7. The summed E-state index contributed by atoms with van der Waals surface area (Å²) in [6.45, 7) is 16.8. The summed E-state index contributed by atoms with van der Waals surface area (Å²) in [6.07, 6.45) is 4.00. The van der Waals surface area contributed by atoms with Crippen LogP contribution >= 0.6 is 0 Å². The van der Waals surface area contributed by atoms with E-state index in [9.17, 15) is 24.3 Å². The Bertz CT molecular complexity index is 1270. The van der Waals surface area contributed by atoms with Crippen LogP contribution in [-0.4, -0.2) is 87.1 Å². The molecule has 0 aromatic heterocycles. The Hall–Kier alpha value is -3.50. The Kier molecular flexibility index (Phi) is 10.6. The molecule has 0 unspecified atom stereocenters. The number of hydrogen-bond donors (Lipinski definition) is 2. The number of likely N-dealkylation sites (tertiary alicyclic amines) is 1. The van der Waals surface area contributed by atoms with Gasteiger partial charge in [-0.3, -0.25) is 19.2 Å². The van der Waals surface area contributed by atoms with Gasteiger partial charge in [-0.15, -0.1) is 13.2 Å². The molecule has 3 heterocycles. The largest absolute Gasteiger partial charge is 0.455 e. The molecule has 0 aliphatic carbocycles. The predicted octanol–water partition coefficient (Wildman–Crippen LogP) is 3.70. The van der Waals surface area contributed by atoms with E-state index >= 15 is 0 Å². The number of nitrogens with zero attached hydrogens (tertiary/aromatic N) is 2. The minimum atomic E-state index is -1.23. The monoisotopic (exact) mass is 623 g/mol. The molecule has 45 heavy (non-hydrogen) atoms. The number of amides is 3. The second kappa shape index (κ2) is 13.9. The highest BCUT2D eigenvalue weighted by Crippen LogP contribution is 2.59. The Morgan fingerprint density at radius 1 is 1.22 bits per heavy atom. The number of esters is 1. The molecule has 10 heteroatoms. The number of hydrogen-bond acceptors (Lipinski definition) is 7. The van der Waals surface area contributed by atoms with Crippen molar-refractivity contribution in [3.8, 4) is 0 Å². The third kappa shape index (κ3) is 6.45. The lowest BCUT2D eigenvalue weighted by Crippen LogP contribution is -2.61. The zero-order chi connectivity index (χ0) is 33.1. The van der Waals surface area contributed by atoms with Crippen molar-refractivity contribution in [2.75, 3.05) is 13.2 Å². The van der Waals surface area contributed by atoms with E-state index in [-0.39, 0.29) is 37.3 Å². The van der Waals surface area contributed by atoms with Gasteiger partial charge < -0.3 is 29.7 Å². The number of nitrogens with one attached hydrogen (secondary N) is 1. The Morgan fingerprint density at radius 2 is 1.91 bits per heavy atom. The molecule has 246 valence electrons. The molecule has 3 aliphatic rings. The lowest BCUT2D eigenvalue weighted by atomic mass is 9.70. The highest BCUT2D eigenvalue weighted by Gasteiger charge is 2.75. The molecule has 3 amide bonds. The Balaban J connectivity index is 1.70. The minimum absolute atomic E-state index is 0.193. The van der Waals surface area contributed by atoms with Crippen molar-refractivity contribution >= 4 is 23.7 Å². The zero-order valence-electron chi connectivity index (χ0n) is 27.2. The summed E-state index contributed by atoms with van der Waals surface area (Å²) in [4.78, 5) is 58.8. The van der Waals surface area contributed by atoms with Gasteiger partial charge in [0.25, 0.3) is 0 Å². The van der Waals surface area contributed by atoms with Crippen LogP contribution in [0.25, 0.3) is 0 Å². The first kappa shape index (κ1) is 34.4. The molecule has 0 saturated carbocycles. The number of allylic oxidation sites excluding steroid dienone is 1. The van der Waals surface area contributed by atoms with Crippen LogP contribution in [0.5, 0.6) is 0 Å². The molecule has 0 radical (unpaired) electrons. The van der Waals surface area contributed by atoms with Gasteiger partial charge in [-0.2, -0.15) is 0 Å². The number of aliphatic hydroxyl groups excluding tert-OH is 1. The van der Waals surface area contributed by atoms with Crippen LogP contribution < -0.4 is 5.32 Å². The molecule has 1 spiro atoms. The minimum Gasteiger partial charge on any atom is -0.455 e. The predicted molar refractivity (Wildman–Crippen MR) is 170 cm³/mol. The van der Waals surface area contributed by atoms with E-state index < -0.39 is 59.3 Å². The van der Waals surface area contributed by atoms with Gasteiger partial charge in [0, 0.05) is 18.5 Å². The van der Waals surface area contributed by atoms with E-state index in [2.05, 4.69) is 18.5 Å².